The topological polar surface area (TPSA) is 6.48 Å². The van der Waals surface area contributed by atoms with Crippen LogP contribution in [0.4, 0.5) is 34.1 Å². The minimum atomic E-state index is -0.164. The molecule has 7 aromatic carbocycles. The molecule has 0 aliphatic heterocycles. The van der Waals surface area contributed by atoms with E-state index in [2.05, 4.69) is 197 Å². The van der Waals surface area contributed by atoms with Crippen LogP contribution in [-0.4, -0.2) is 0 Å². The number of fused-ring (bicyclic) bond motifs is 4. The molecule has 1 aliphatic rings. The van der Waals surface area contributed by atoms with Crippen molar-refractivity contribution < 1.29 is 0 Å². The van der Waals surface area contributed by atoms with Gasteiger partial charge in [0.2, 0.25) is 0 Å². The van der Waals surface area contributed by atoms with Crippen LogP contribution < -0.4 is 9.80 Å². The second-order valence-corrected chi connectivity index (χ2v) is 14.3. The Bertz CT molecular complexity index is 2290. The molecule has 7 aromatic rings. The lowest BCUT2D eigenvalue weighted by Gasteiger charge is -2.28. The summed E-state index contributed by atoms with van der Waals surface area (Å²) < 4.78 is 0. The third-order valence-electron chi connectivity index (χ3n) is 10.2. The van der Waals surface area contributed by atoms with E-state index < -0.39 is 0 Å². The Labute approximate surface area is 290 Å². The van der Waals surface area contributed by atoms with Crippen LogP contribution in [0.3, 0.4) is 0 Å². The van der Waals surface area contributed by atoms with E-state index in [1.807, 2.05) is 0 Å². The number of hydrogen-bond donors (Lipinski definition) is 0. The van der Waals surface area contributed by atoms with Crippen LogP contribution in [0.15, 0.2) is 146 Å². The van der Waals surface area contributed by atoms with Crippen molar-refractivity contribution in [2.75, 3.05) is 9.80 Å². The second kappa shape index (κ2) is 11.8. The maximum atomic E-state index is 2.44. The minimum absolute atomic E-state index is 0.164. The van der Waals surface area contributed by atoms with E-state index in [4.69, 9.17) is 0 Å². The van der Waals surface area contributed by atoms with Crippen molar-refractivity contribution in [1.82, 2.24) is 0 Å². The van der Waals surface area contributed by atoms with E-state index in [1.54, 1.807) is 0 Å². The first-order valence-corrected chi connectivity index (χ1v) is 17.3. The molecule has 0 aromatic heterocycles. The van der Waals surface area contributed by atoms with Gasteiger partial charge in [0.15, 0.2) is 0 Å². The molecule has 0 fully saturated rings. The summed E-state index contributed by atoms with van der Waals surface area (Å²) in [7, 11) is 0. The van der Waals surface area contributed by atoms with Gasteiger partial charge >= 0.3 is 0 Å². The van der Waals surface area contributed by atoms with Gasteiger partial charge in [-0.15, -0.1) is 0 Å². The van der Waals surface area contributed by atoms with Gasteiger partial charge in [-0.1, -0.05) is 74.5 Å². The highest BCUT2D eigenvalue weighted by atomic mass is 15.1. The van der Waals surface area contributed by atoms with E-state index in [-0.39, 0.29) is 5.41 Å². The number of aryl methyl sites for hydroxylation is 4. The van der Waals surface area contributed by atoms with Gasteiger partial charge in [-0.25, -0.2) is 0 Å². The van der Waals surface area contributed by atoms with Crippen molar-refractivity contribution >= 4 is 44.9 Å². The molecule has 2 heteroatoms. The van der Waals surface area contributed by atoms with Crippen molar-refractivity contribution in [3.63, 3.8) is 0 Å². The van der Waals surface area contributed by atoms with Crippen LogP contribution in [0.25, 0.3) is 21.9 Å². The molecule has 0 unspecified atom stereocenters. The van der Waals surface area contributed by atoms with E-state index in [1.165, 1.54) is 72.3 Å². The van der Waals surface area contributed by atoms with E-state index in [9.17, 15) is 0 Å². The third kappa shape index (κ3) is 5.48. The van der Waals surface area contributed by atoms with Crippen LogP contribution in [0.2, 0.25) is 0 Å². The first-order chi connectivity index (χ1) is 23.7. The molecule has 2 nitrogen and oxygen atoms in total. The molecule has 240 valence electrons. The van der Waals surface area contributed by atoms with Crippen molar-refractivity contribution in [2.45, 2.75) is 47.0 Å². The van der Waals surface area contributed by atoms with Crippen LogP contribution in [0.1, 0.15) is 47.2 Å². The Balaban J connectivity index is 1.24. The minimum Gasteiger partial charge on any atom is -0.310 e. The lowest BCUT2D eigenvalue weighted by molar-refractivity contribution is 0.661. The zero-order chi connectivity index (χ0) is 33.9. The fraction of sp³-hybridized carbons (Fsp3) is 0.149. The SMILES string of the molecule is Cc1cccc(N(c2cccc(C)c2)c2ccc3c(c2)C(C)(C)c2cc4cc(N(c5cccc(C)c5)c5cccc(C)c5)ccc4cc2-3)c1. The number of nitrogens with zero attached hydrogens (tertiary/aromatic N) is 2. The van der Waals surface area contributed by atoms with E-state index >= 15 is 0 Å². The van der Waals surface area contributed by atoms with E-state index in [0.717, 1.165) is 17.1 Å². The lowest BCUT2D eigenvalue weighted by Crippen LogP contribution is -2.16. The Morgan fingerprint density at radius 2 is 0.755 bits per heavy atom. The van der Waals surface area contributed by atoms with Gasteiger partial charge in [0, 0.05) is 39.5 Å². The highest BCUT2D eigenvalue weighted by molar-refractivity contribution is 5.97. The number of anilines is 6. The van der Waals surface area contributed by atoms with Crippen molar-refractivity contribution in [1.29, 1.82) is 0 Å². The molecular weight excluding hydrogens is 593 g/mol. The highest BCUT2D eigenvalue weighted by Gasteiger charge is 2.36. The van der Waals surface area contributed by atoms with Crippen molar-refractivity contribution in [3.8, 4) is 11.1 Å². The van der Waals surface area contributed by atoms with Gasteiger partial charge in [-0.3, -0.25) is 0 Å². The summed E-state index contributed by atoms with van der Waals surface area (Å²) in [6.45, 7) is 13.4. The normalized spacial score (nSPS) is 12.9. The van der Waals surface area contributed by atoms with Gasteiger partial charge in [-0.05, 0) is 168 Å². The number of benzene rings is 7. The van der Waals surface area contributed by atoms with Crippen LogP contribution in [0, 0.1) is 27.7 Å². The van der Waals surface area contributed by atoms with Gasteiger partial charge in [0.1, 0.15) is 0 Å². The van der Waals surface area contributed by atoms with Gasteiger partial charge in [0.25, 0.3) is 0 Å². The molecule has 0 amide bonds. The monoisotopic (exact) mass is 634 g/mol. The first kappa shape index (κ1) is 30.7. The lowest BCUT2D eigenvalue weighted by atomic mass is 9.81. The zero-order valence-corrected chi connectivity index (χ0v) is 29.3. The standard InChI is InChI=1S/C47H42N2/c1-31-11-7-15-37(23-31)48(38-16-8-12-32(2)24-38)41-20-19-35-28-44-43-22-21-42(30-46(43)47(5,6)45(44)29-36(35)27-41)49(39-17-9-13-33(3)25-39)40-18-10-14-34(4)26-40/h7-30H,1-6H3. The Morgan fingerprint density at radius 3 is 1.22 bits per heavy atom. The predicted molar refractivity (Wildman–Crippen MR) is 210 cm³/mol. The predicted octanol–water partition coefficient (Wildman–Crippen LogP) is 13.3. The number of hydrogen-bond acceptors (Lipinski definition) is 2. The molecule has 0 spiro atoms. The van der Waals surface area contributed by atoms with Gasteiger partial charge in [0.05, 0.1) is 0 Å². The maximum absolute atomic E-state index is 2.44. The first-order valence-electron chi connectivity index (χ1n) is 17.3. The summed E-state index contributed by atoms with van der Waals surface area (Å²) in [5.41, 5.74) is 17.2. The Morgan fingerprint density at radius 1 is 0.347 bits per heavy atom. The largest absolute Gasteiger partial charge is 0.310 e. The summed E-state index contributed by atoms with van der Waals surface area (Å²) >= 11 is 0. The average molecular weight is 635 g/mol. The van der Waals surface area contributed by atoms with Crippen LogP contribution in [0.5, 0.6) is 0 Å². The van der Waals surface area contributed by atoms with Gasteiger partial charge < -0.3 is 9.80 Å². The quantitative estimate of drug-likeness (QED) is 0.180. The molecule has 0 N–H and O–H groups in total. The average Bonchev–Trinajstić information content (AvgIpc) is 3.29. The van der Waals surface area contributed by atoms with E-state index in [0.29, 0.717) is 0 Å². The molecule has 0 bridgehead atoms. The van der Waals surface area contributed by atoms with Crippen molar-refractivity contribution in [3.05, 3.63) is 179 Å². The molecule has 49 heavy (non-hydrogen) atoms. The molecule has 0 saturated carbocycles. The zero-order valence-electron chi connectivity index (χ0n) is 29.3. The molecule has 0 atom stereocenters. The summed E-state index contributed by atoms with van der Waals surface area (Å²) in [6, 6.07) is 54.0. The highest BCUT2D eigenvalue weighted by Crippen LogP contribution is 2.52. The molecule has 0 saturated heterocycles. The van der Waals surface area contributed by atoms with Crippen LogP contribution >= 0.6 is 0 Å². The Kier molecular flexibility index (Phi) is 7.41. The second-order valence-electron chi connectivity index (χ2n) is 14.3. The van der Waals surface area contributed by atoms with Crippen molar-refractivity contribution in [2.24, 2.45) is 0 Å². The third-order valence-corrected chi connectivity index (χ3v) is 10.2. The Hall–Kier alpha value is -5.60. The number of rotatable bonds is 6. The van der Waals surface area contributed by atoms with Crippen LogP contribution in [-0.2, 0) is 5.41 Å². The molecular formula is C47H42N2. The summed E-state index contributed by atoms with van der Waals surface area (Å²) in [5.74, 6) is 0. The van der Waals surface area contributed by atoms with Gasteiger partial charge in [-0.2, -0.15) is 0 Å². The summed E-state index contributed by atoms with van der Waals surface area (Å²) in [5, 5.41) is 2.51. The molecule has 0 heterocycles. The molecule has 1 aliphatic carbocycles. The molecule has 0 radical (unpaired) electrons. The maximum Gasteiger partial charge on any atom is 0.0468 e. The smallest absolute Gasteiger partial charge is 0.0468 e. The molecule has 8 rings (SSSR count). The summed E-state index contributed by atoms with van der Waals surface area (Å²) in [6.07, 6.45) is 0. The fourth-order valence-electron chi connectivity index (χ4n) is 7.70. The summed E-state index contributed by atoms with van der Waals surface area (Å²) in [4.78, 5) is 4.78. The fourth-order valence-corrected chi connectivity index (χ4v) is 7.70.